The first-order valence-electron chi connectivity index (χ1n) is 6.72. The van der Waals surface area contributed by atoms with Crippen LogP contribution >= 0.6 is 0 Å². The third-order valence-corrected chi connectivity index (χ3v) is 3.69. The molecule has 0 saturated heterocycles. The van der Waals surface area contributed by atoms with Gasteiger partial charge in [0.2, 0.25) is 5.91 Å². The number of aromatic nitrogens is 3. The van der Waals surface area contributed by atoms with Gasteiger partial charge in [-0.15, -0.1) is 0 Å². The van der Waals surface area contributed by atoms with E-state index in [9.17, 15) is 4.79 Å². The number of nitrogens with one attached hydrogen (secondary N) is 2. The van der Waals surface area contributed by atoms with Crippen LogP contribution in [0, 0.1) is 5.92 Å². The topological polar surface area (TPSA) is 62.7 Å². The number of imidazole rings is 1. The van der Waals surface area contributed by atoms with Gasteiger partial charge in [-0.2, -0.15) is 0 Å². The second-order valence-corrected chi connectivity index (χ2v) is 4.98. The summed E-state index contributed by atoms with van der Waals surface area (Å²) in [5.41, 5.74) is 2.24. The van der Waals surface area contributed by atoms with Crippen LogP contribution in [0.15, 0.2) is 30.9 Å². The number of aryl methyl sites for hydroxylation is 1. The molecule has 0 saturated carbocycles. The lowest BCUT2D eigenvalue weighted by atomic mass is 9.89. The number of H-pyrrole nitrogens is 1. The molecule has 2 heterocycles. The smallest absolute Gasteiger partial charge is 0.223 e. The normalized spacial score (nSPS) is 18.0. The summed E-state index contributed by atoms with van der Waals surface area (Å²) in [4.78, 5) is 19.5. The molecule has 2 aromatic heterocycles. The molecule has 2 N–H and O–H groups in total. The van der Waals surface area contributed by atoms with E-state index in [-0.39, 0.29) is 11.8 Å². The van der Waals surface area contributed by atoms with Crippen molar-refractivity contribution in [3.63, 3.8) is 0 Å². The van der Waals surface area contributed by atoms with E-state index in [1.807, 2.05) is 24.5 Å². The second kappa shape index (κ2) is 5.30. The van der Waals surface area contributed by atoms with Gasteiger partial charge in [0.05, 0.1) is 12.0 Å². The summed E-state index contributed by atoms with van der Waals surface area (Å²) < 4.78 is 2.06. The first-order chi connectivity index (χ1) is 9.33. The number of hydrogen-bond acceptors (Lipinski definition) is 2. The molecule has 0 radical (unpaired) electrons. The van der Waals surface area contributed by atoms with E-state index in [1.54, 1.807) is 6.33 Å². The lowest BCUT2D eigenvalue weighted by Crippen LogP contribution is -2.35. The van der Waals surface area contributed by atoms with Crippen LogP contribution < -0.4 is 5.32 Å². The Balaban J connectivity index is 1.49. The molecule has 1 aliphatic rings. The third kappa shape index (κ3) is 2.70. The zero-order valence-electron chi connectivity index (χ0n) is 10.8. The number of carbonyl (C=O) groups excluding carboxylic acids is 1. The molecule has 1 atom stereocenters. The van der Waals surface area contributed by atoms with E-state index < -0.39 is 0 Å². The zero-order valence-corrected chi connectivity index (χ0v) is 10.8. The number of fused-ring (bicyclic) bond motifs is 1. The SMILES string of the molecule is O=C(NCCn1cccc1)[C@@H]1CCc2nc[nH]c2C1. The van der Waals surface area contributed by atoms with E-state index in [1.165, 1.54) is 0 Å². The quantitative estimate of drug-likeness (QED) is 0.863. The number of aromatic amines is 1. The highest BCUT2D eigenvalue weighted by atomic mass is 16.1. The molecule has 0 spiro atoms. The molecule has 5 heteroatoms. The fourth-order valence-electron chi connectivity index (χ4n) is 2.60. The van der Waals surface area contributed by atoms with Gasteiger partial charge in [0, 0.05) is 43.5 Å². The fraction of sp³-hybridized carbons (Fsp3) is 0.429. The number of carbonyl (C=O) groups is 1. The third-order valence-electron chi connectivity index (χ3n) is 3.69. The lowest BCUT2D eigenvalue weighted by molar-refractivity contribution is -0.125. The highest BCUT2D eigenvalue weighted by molar-refractivity contribution is 5.79. The van der Waals surface area contributed by atoms with Crippen LogP contribution in [0.3, 0.4) is 0 Å². The summed E-state index contributed by atoms with van der Waals surface area (Å²) in [6.07, 6.45) is 8.30. The molecule has 0 aromatic carbocycles. The van der Waals surface area contributed by atoms with Crippen LogP contribution in [-0.2, 0) is 24.2 Å². The molecule has 5 nitrogen and oxygen atoms in total. The number of nitrogens with zero attached hydrogens (tertiary/aromatic N) is 2. The van der Waals surface area contributed by atoms with E-state index in [0.29, 0.717) is 6.54 Å². The Morgan fingerprint density at radius 1 is 1.47 bits per heavy atom. The van der Waals surface area contributed by atoms with Gasteiger partial charge in [0.15, 0.2) is 0 Å². The minimum atomic E-state index is 0.0811. The van der Waals surface area contributed by atoms with Gasteiger partial charge in [-0.25, -0.2) is 4.98 Å². The zero-order chi connectivity index (χ0) is 13.1. The highest BCUT2D eigenvalue weighted by Gasteiger charge is 2.25. The first kappa shape index (κ1) is 12.0. The first-order valence-corrected chi connectivity index (χ1v) is 6.72. The van der Waals surface area contributed by atoms with Gasteiger partial charge in [0.1, 0.15) is 0 Å². The Morgan fingerprint density at radius 3 is 3.16 bits per heavy atom. The molecule has 0 bridgehead atoms. The summed E-state index contributed by atoms with van der Waals surface area (Å²) in [5, 5.41) is 3.02. The largest absolute Gasteiger partial charge is 0.354 e. The van der Waals surface area contributed by atoms with Gasteiger partial charge >= 0.3 is 0 Å². The standard InChI is InChI=1S/C14H18N4O/c19-14(15-5-8-18-6-1-2-7-18)11-3-4-12-13(9-11)17-10-16-12/h1-2,6-7,10-11H,3-5,8-9H2,(H,15,19)(H,16,17)/t11-/m1/s1. The van der Waals surface area contributed by atoms with Gasteiger partial charge < -0.3 is 14.9 Å². The van der Waals surface area contributed by atoms with Gasteiger partial charge in [0.25, 0.3) is 0 Å². The molecule has 0 unspecified atom stereocenters. The van der Waals surface area contributed by atoms with E-state index in [2.05, 4.69) is 19.9 Å². The van der Waals surface area contributed by atoms with Crippen LogP contribution in [0.5, 0.6) is 0 Å². The van der Waals surface area contributed by atoms with E-state index >= 15 is 0 Å². The number of rotatable bonds is 4. The van der Waals surface area contributed by atoms with Gasteiger partial charge in [-0.05, 0) is 25.0 Å². The van der Waals surface area contributed by atoms with Crippen molar-refractivity contribution in [3.8, 4) is 0 Å². The monoisotopic (exact) mass is 258 g/mol. The van der Waals surface area contributed by atoms with Crippen LogP contribution in [-0.4, -0.2) is 27.0 Å². The molecular weight excluding hydrogens is 240 g/mol. The van der Waals surface area contributed by atoms with Crippen LogP contribution in [0.4, 0.5) is 0 Å². The van der Waals surface area contributed by atoms with Crippen LogP contribution in [0.1, 0.15) is 17.8 Å². The lowest BCUT2D eigenvalue weighted by Gasteiger charge is -2.20. The minimum Gasteiger partial charge on any atom is -0.354 e. The van der Waals surface area contributed by atoms with Crippen molar-refractivity contribution in [2.24, 2.45) is 5.92 Å². The minimum absolute atomic E-state index is 0.0811. The second-order valence-electron chi connectivity index (χ2n) is 4.98. The molecule has 1 aliphatic carbocycles. The van der Waals surface area contributed by atoms with Crippen molar-refractivity contribution in [2.75, 3.05) is 6.54 Å². The maximum atomic E-state index is 12.1. The van der Waals surface area contributed by atoms with E-state index in [0.717, 1.165) is 37.2 Å². The Labute approximate surface area is 112 Å². The summed E-state index contributed by atoms with van der Waals surface area (Å²) >= 11 is 0. The molecular formula is C14H18N4O. The Kier molecular flexibility index (Phi) is 3.35. The van der Waals surface area contributed by atoms with Crippen molar-refractivity contribution in [1.29, 1.82) is 0 Å². The van der Waals surface area contributed by atoms with Gasteiger partial charge in [-0.3, -0.25) is 4.79 Å². The maximum Gasteiger partial charge on any atom is 0.223 e. The van der Waals surface area contributed by atoms with Crippen molar-refractivity contribution in [1.82, 2.24) is 19.9 Å². The predicted molar refractivity (Wildman–Crippen MR) is 71.5 cm³/mol. The highest BCUT2D eigenvalue weighted by Crippen LogP contribution is 2.22. The van der Waals surface area contributed by atoms with E-state index in [4.69, 9.17) is 0 Å². The molecule has 0 fully saturated rings. The van der Waals surface area contributed by atoms with Crippen molar-refractivity contribution in [3.05, 3.63) is 42.2 Å². The number of amides is 1. The van der Waals surface area contributed by atoms with Crippen molar-refractivity contribution in [2.45, 2.75) is 25.8 Å². The van der Waals surface area contributed by atoms with Gasteiger partial charge in [-0.1, -0.05) is 0 Å². The average molecular weight is 258 g/mol. The molecule has 19 heavy (non-hydrogen) atoms. The Bertz CT molecular complexity index is 544. The molecule has 2 aromatic rings. The molecule has 1 amide bonds. The van der Waals surface area contributed by atoms with Crippen molar-refractivity contribution >= 4 is 5.91 Å². The summed E-state index contributed by atoms with van der Waals surface area (Å²) in [5.74, 6) is 0.241. The molecule has 0 aliphatic heterocycles. The average Bonchev–Trinajstić information content (AvgIpc) is 3.08. The Morgan fingerprint density at radius 2 is 2.32 bits per heavy atom. The fourth-order valence-corrected chi connectivity index (χ4v) is 2.60. The molecule has 100 valence electrons. The Hall–Kier alpha value is -2.04. The van der Waals surface area contributed by atoms with Crippen molar-refractivity contribution < 1.29 is 4.79 Å². The predicted octanol–water partition coefficient (Wildman–Crippen LogP) is 1.13. The summed E-state index contributed by atoms with van der Waals surface area (Å²) in [7, 11) is 0. The van der Waals surface area contributed by atoms with Crippen LogP contribution in [0.25, 0.3) is 0 Å². The molecule has 3 rings (SSSR count). The summed E-state index contributed by atoms with van der Waals surface area (Å²) in [6, 6.07) is 3.98. The van der Waals surface area contributed by atoms with Crippen LogP contribution in [0.2, 0.25) is 0 Å². The number of hydrogen-bond donors (Lipinski definition) is 2. The summed E-state index contributed by atoms with van der Waals surface area (Å²) in [6.45, 7) is 1.50. The maximum absolute atomic E-state index is 12.1.